The van der Waals surface area contributed by atoms with Crippen molar-refractivity contribution in [3.8, 4) is 10.6 Å². The molecule has 2 aromatic heterocycles. The Bertz CT molecular complexity index is 648. The van der Waals surface area contributed by atoms with Crippen molar-refractivity contribution in [3.63, 3.8) is 0 Å². The van der Waals surface area contributed by atoms with Gasteiger partial charge in [-0.1, -0.05) is 0 Å². The molecule has 0 bridgehead atoms. The number of hydrogen-bond acceptors (Lipinski definition) is 5. The maximum atomic E-state index is 11.8. The summed E-state index contributed by atoms with van der Waals surface area (Å²) in [5.74, 6) is 0. The van der Waals surface area contributed by atoms with Gasteiger partial charge in [-0.25, -0.2) is 4.68 Å². The van der Waals surface area contributed by atoms with Crippen molar-refractivity contribution >= 4 is 11.3 Å². The molecule has 1 atom stereocenters. The van der Waals surface area contributed by atoms with Gasteiger partial charge in [-0.15, -0.1) is 11.3 Å². The molecule has 2 aromatic rings. The van der Waals surface area contributed by atoms with Crippen LogP contribution in [0.15, 0.2) is 29.1 Å². The first-order valence-electron chi connectivity index (χ1n) is 6.90. The van der Waals surface area contributed by atoms with E-state index < -0.39 is 6.10 Å². The fourth-order valence-corrected chi connectivity index (χ4v) is 2.67. The van der Waals surface area contributed by atoms with Gasteiger partial charge in [-0.2, -0.15) is 5.10 Å². The number of rotatable bonds is 6. The molecule has 0 aliphatic heterocycles. The summed E-state index contributed by atoms with van der Waals surface area (Å²) in [4.78, 5) is 14.0. The molecule has 0 aromatic carbocycles. The molecular weight excluding hydrogens is 288 g/mol. The third-order valence-electron chi connectivity index (χ3n) is 2.87. The summed E-state index contributed by atoms with van der Waals surface area (Å²) in [6, 6.07) is 7.19. The molecule has 0 spiro atoms. The van der Waals surface area contributed by atoms with Gasteiger partial charge >= 0.3 is 0 Å². The Labute approximate surface area is 127 Å². The van der Waals surface area contributed by atoms with E-state index in [1.54, 1.807) is 17.4 Å². The highest BCUT2D eigenvalue weighted by molar-refractivity contribution is 7.15. The van der Waals surface area contributed by atoms with Crippen LogP contribution in [0.2, 0.25) is 0 Å². The number of aliphatic hydroxyl groups excluding tert-OH is 1. The Hall–Kier alpha value is -1.50. The van der Waals surface area contributed by atoms with E-state index in [2.05, 4.69) is 5.10 Å². The summed E-state index contributed by atoms with van der Waals surface area (Å²) in [6.07, 6.45) is -0.706. The SMILES string of the molecule is Cc1ccc(-c2ccc(=O)n(CC(O)COC(C)C)n2)s1. The van der Waals surface area contributed by atoms with Crippen LogP contribution in [-0.2, 0) is 11.3 Å². The van der Waals surface area contributed by atoms with E-state index in [1.165, 1.54) is 15.6 Å². The first-order valence-corrected chi connectivity index (χ1v) is 7.72. The molecule has 0 amide bonds. The van der Waals surface area contributed by atoms with E-state index >= 15 is 0 Å². The highest BCUT2D eigenvalue weighted by Crippen LogP contribution is 2.24. The summed E-state index contributed by atoms with van der Waals surface area (Å²) >= 11 is 1.62. The van der Waals surface area contributed by atoms with Crippen LogP contribution in [0.25, 0.3) is 10.6 Å². The van der Waals surface area contributed by atoms with Gasteiger partial charge < -0.3 is 9.84 Å². The van der Waals surface area contributed by atoms with Gasteiger partial charge in [0.15, 0.2) is 0 Å². The zero-order valence-electron chi connectivity index (χ0n) is 12.4. The minimum absolute atomic E-state index is 0.0461. The van der Waals surface area contributed by atoms with E-state index in [1.807, 2.05) is 32.9 Å². The topological polar surface area (TPSA) is 64.4 Å². The predicted octanol–water partition coefficient (Wildman–Crippen LogP) is 2.07. The third kappa shape index (κ3) is 4.49. The van der Waals surface area contributed by atoms with E-state index in [4.69, 9.17) is 4.74 Å². The van der Waals surface area contributed by atoms with Crippen LogP contribution < -0.4 is 5.56 Å². The summed E-state index contributed by atoms with van der Waals surface area (Å²) < 4.78 is 6.63. The average molecular weight is 308 g/mol. The summed E-state index contributed by atoms with van der Waals surface area (Å²) in [6.45, 7) is 6.14. The van der Waals surface area contributed by atoms with Crippen LogP contribution >= 0.6 is 11.3 Å². The molecule has 0 aliphatic carbocycles. The first kappa shape index (κ1) is 15.9. The van der Waals surface area contributed by atoms with Crippen LogP contribution in [0, 0.1) is 6.92 Å². The fourth-order valence-electron chi connectivity index (χ4n) is 1.84. The minimum Gasteiger partial charge on any atom is -0.389 e. The molecule has 6 heteroatoms. The monoisotopic (exact) mass is 308 g/mol. The molecule has 0 saturated carbocycles. The van der Waals surface area contributed by atoms with Crippen LogP contribution in [-0.4, -0.2) is 33.7 Å². The van der Waals surface area contributed by atoms with Crippen LogP contribution in [0.1, 0.15) is 18.7 Å². The number of ether oxygens (including phenoxy) is 1. The van der Waals surface area contributed by atoms with Gasteiger partial charge in [-0.3, -0.25) is 4.79 Å². The van der Waals surface area contributed by atoms with Crippen molar-refractivity contribution in [3.05, 3.63) is 39.5 Å². The molecular formula is C15H20N2O3S. The molecule has 0 radical (unpaired) electrons. The number of aryl methyl sites for hydroxylation is 1. The summed E-state index contributed by atoms with van der Waals surface area (Å²) in [5.41, 5.74) is 0.514. The molecule has 5 nitrogen and oxygen atoms in total. The highest BCUT2D eigenvalue weighted by Gasteiger charge is 2.11. The van der Waals surface area contributed by atoms with Gasteiger partial charge in [0, 0.05) is 10.9 Å². The Morgan fingerprint density at radius 2 is 2.10 bits per heavy atom. The van der Waals surface area contributed by atoms with Gasteiger partial charge in [0.1, 0.15) is 5.69 Å². The van der Waals surface area contributed by atoms with Gasteiger partial charge in [0.05, 0.1) is 30.2 Å². The maximum Gasteiger partial charge on any atom is 0.266 e. The second-order valence-electron chi connectivity index (χ2n) is 5.19. The third-order valence-corrected chi connectivity index (χ3v) is 3.89. The molecule has 2 heterocycles. The zero-order chi connectivity index (χ0) is 15.4. The van der Waals surface area contributed by atoms with Crippen molar-refractivity contribution in [2.45, 2.75) is 39.5 Å². The lowest BCUT2D eigenvalue weighted by atomic mass is 10.3. The average Bonchev–Trinajstić information content (AvgIpc) is 2.85. The van der Waals surface area contributed by atoms with Crippen LogP contribution in [0.3, 0.4) is 0 Å². The van der Waals surface area contributed by atoms with Gasteiger partial charge in [0.2, 0.25) is 0 Å². The van der Waals surface area contributed by atoms with E-state index in [0.717, 1.165) is 10.6 Å². The lowest BCUT2D eigenvalue weighted by Gasteiger charge is -2.14. The van der Waals surface area contributed by atoms with Crippen LogP contribution in [0.5, 0.6) is 0 Å². The molecule has 1 unspecified atom stereocenters. The van der Waals surface area contributed by atoms with Crippen molar-refractivity contribution < 1.29 is 9.84 Å². The minimum atomic E-state index is -0.752. The Kier molecular flexibility index (Phi) is 5.27. The smallest absolute Gasteiger partial charge is 0.266 e. The van der Waals surface area contributed by atoms with E-state index in [9.17, 15) is 9.90 Å². The molecule has 1 N–H and O–H groups in total. The number of thiophene rings is 1. The Morgan fingerprint density at radius 3 is 2.71 bits per heavy atom. The van der Waals surface area contributed by atoms with Crippen molar-refractivity contribution in [1.29, 1.82) is 0 Å². The summed E-state index contributed by atoms with van der Waals surface area (Å²) in [7, 11) is 0. The molecule has 2 rings (SSSR count). The predicted molar refractivity (Wildman–Crippen MR) is 83.6 cm³/mol. The molecule has 114 valence electrons. The molecule has 0 fully saturated rings. The van der Waals surface area contributed by atoms with Crippen molar-refractivity contribution in [1.82, 2.24) is 9.78 Å². The summed E-state index contributed by atoms with van der Waals surface area (Å²) in [5, 5.41) is 14.2. The maximum absolute atomic E-state index is 11.8. The standard InChI is InChI=1S/C15H20N2O3S/c1-10(2)20-9-12(18)8-17-15(19)7-5-13(16-17)14-6-4-11(3)21-14/h4-7,10,12,18H,8-9H2,1-3H3. The second kappa shape index (κ2) is 6.98. The highest BCUT2D eigenvalue weighted by atomic mass is 32.1. The van der Waals surface area contributed by atoms with E-state index in [-0.39, 0.29) is 24.8 Å². The number of aromatic nitrogens is 2. The Morgan fingerprint density at radius 1 is 1.33 bits per heavy atom. The quantitative estimate of drug-likeness (QED) is 0.887. The second-order valence-corrected chi connectivity index (χ2v) is 6.47. The largest absolute Gasteiger partial charge is 0.389 e. The zero-order valence-corrected chi connectivity index (χ0v) is 13.3. The van der Waals surface area contributed by atoms with Crippen molar-refractivity contribution in [2.75, 3.05) is 6.61 Å². The van der Waals surface area contributed by atoms with Gasteiger partial charge in [-0.05, 0) is 39.0 Å². The molecule has 0 aliphatic rings. The molecule has 0 saturated heterocycles. The number of hydrogen-bond donors (Lipinski definition) is 1. The normalized spacial score (nSPS) is 12.8. The van der Waals surface area contributed by atoms with Crippen molar-refractivity contribution in [2.24, 2.45) is 0 Å². The number of nitrogens with zero attached hydrogens (tertiary/aromatic N) is 2. The van der Waals surface area contributed by atoms with Crippen LogP contribution in [0.4, 0.5) is 0 Å². The Balaban J connectivity index is 2.14. The lowest BCUT2D eigenvalue weighted by Crippen LogP contribution is -2.31. The lowest BCUT2D eigenvalue weighted by molar-refractivity contribution is -0.00253. The van der Waals surface area contributed by atoms with Gasteiger partial charge in [0.25, 0.3) is 5.56 Å². The van der Waals surface area contributed by atoms with E-state index in [0.29, 0.717) is 0 Å². The number of aliphatic hydroxyl groups is 1. The molecule has 21 heavy (non-hydrogen) atoms. The first-order chi connectivity index (χ1) is 9.95. The fraction of sp³-hybridized carbons (Fsp3) is 0.467.